The Hall–Kier alpha value is -2.39. The molecule has 26 heavy (non-hydrogen) atoms. The zero-order valence-electron chi connectivity index (χ0n) is 15.4. The van der Waals surface area contributed by atoms with Crippen LogP contribution in [0.3, 0.4) is 0 Å². The lowest BCUT2D eigenvalue weighted by Crippen LogP contribution is -2.26. The maximum absolute atomic E-state index is 11.6. The molecule has 0 aliphatic heterocycles. The Labute approximate surface area is 152 Å². The van der Waals surface area contributed by atoms with Crippen LogP contribution in [0, 0.1) is 10.1 Å². The number of hydrogen-bond acceptors (Lipinski definition) is 7. The van der Waals surface area contributed by atoms with Gasteiger partial charge in [-0.05, 0) is 32.4 Å². The Morgan fingerprint density at radius 1 is 1.31 bits per heavy atom. The van der Waals surface area contributed by atoms with E-state index in [9.17, 15) is 14.9 Å². The number of nitrogens with one attached hydrogen (secondary N) is 1. The minimum Gasteiger partial charge on any atom is -0.493 e. The molecule has 0 aliphatic rings. The second kappa shape index (κ2) is 11.3. The van der Waals surface area contributed by atoms with Gasteiger partial charge < -0.3 is 25.3 Å². The summed E-state index contributed by atoms with van der Waals surface area (Å²) >= 11 is 0. The van der Waals surface area contributed by atoms with Gasteiger partial charge in [-0.1, -0.05) is 0 Å². The molecular formula is C17H27N3O6. The number of carbonyl (C=O) groups is 1. The lowest BCUT2D eigenvalue weighted by atomic mass is 10.1. The summed E-state index contributed by atoms with van der Waals surface area (Å²) in [6, 6.07) is 2.87. The highest BCUT2D eigenvalue weighted by Gasteiger charge is 2.23. The van der Waals surface area contributed by atoms with E-state index in [-0.39, 0.29) is 24.0 Å². The van der Waals surface area contributed by atoms with E-state index < -0.39 is 11.0 Å². The normalized spacial score (nSPS) is 11.7. The first-order chi connectivity index (χ1) is 12.4. The van der Waals surface area contributed by atoms with Gasteiger partial charge in [-0.15, -0.1) is 0 Å². The van der Waals surface area contributed by atoms with Gasteiger partial charge in [0.25, 0.3) is 5.69 Å². The maximum atomic E-state index is 11.6. The molecule has 0 spiro atoms. The smallest absolute Gasteiger partial charge is 0.279 e. The van der Waals surface area contributed by atoms with E-state index in [0.29, 0.717) is 37.2 Å². The standard InChI is InChI=1S/C17H27N3O6/c1-12(24-2)13-10-15(25-3)16(11-14(13)20(22)23)26-9-4-6-17(21)19-8-5-7-18/h10-12H,4-9,18H2,1-3H3,(H,19,21). The van der Waals surface area contributed by atoms with Crippen molar-refractivity contribution in [3.63, 3.8) is 0 Å². The molecule has 1 amide bonds. The number of methoxy groups -OCH3 is 2. The molecule has 1 rings (SSSR count). The molecule has 9 nitrogen and oxygen atoms in total. The molecule has 1 unspecified atom stereocenters. The average molecular weight is 369 g/mol. The van der Waals surface area contributed by atoms with E-state index in [1.807, 2.05) is 0 Å². The largest absolute Gasteiger partial charge is 0.493 e. The van der Waals surface area contributed by atoms with Crippen LogP contribution in [0.1, 0.15) is 37.9 Å². The summed E-state index contributed by atoms with van der Waals surface area (Å²) in [5.74, 6) is 0.556. The van der Waals surface area contributed by atoms with Crippen LogP contribution in [0.4, 0.5) is 5.69 Å². The second-order valence-electron chi connectivity index (χ2n) is 5.64. The van der Waals surface area contributed by atoms with E-state index in [1.54, 1.807) is 13.0 Å². The number of benzene rings is 1. The molecule has 1 aromatic carbocycles. The van der Waals surface area contributed by atoms with Gasteiger partial charge in [0.1, 0.15) is 0 Å². The first-order valence-electron chi connectivity index (χ1n) is 8.43. The quantitative estimate of drug-likeness (QED) is 0.327. The fraction of sp³-hybridized carbons (Fsp3) is 0.588. The summed E-state index contributed by atoms with van der Waals surface area (Å²) in [5, 5.41) is 14.1. The highest BCUT2D eigenvalue weighted by Crippen LogP contribution is 2.38. The Balaban J connectivity index is 2.72. The van der Waals surface area contributed by atoms with Crippen LogP contribution in [0.5, 0.6) is 11.5 Å². The van der Waals surface area contributed by atoms with Gasteiger partial charge >= 0.3 is 0 Å². The number of nitro benzene ring substituents is 1. The zero-order valence-corrected chi connectivity index (χ0v) is 15.4. The topological polar surface area (TPSA) is 126 Å². The van der Waals surface area contributed by atoms with Crippen molar-refractivity contribution in [2.24, 2.45) is 5.73 Å². The Morgan fingerprint density at radius 2 is 2.04 bits per heavy atom. The van der Waals surface area contributed by atoms with E-state index in [0.717, 1.165) is 6.42 Å². The molecule has 0 aliphatic carbocycles. The summed E-state index contributed by atoms with van der Waals surface area (Å²) in [6.07, 6.45) is 1.04. The number of nitro groups is 1. The van der Waals surface area contributed by atoms with Gasteiger partial charge in [0.2, 0.25) is 5.91 Å². The SMILES string of the molecule is COc1cc(C(C)OC)c([N+](=O)[O-])cc1OCCCC(=O)NCCCN. The average Bonchev–Trinajstić information content (AvgIpc) is 2.64. The fourth-order valence-electron chi connectivity index (χ4n) is 2.28. The van der Waals surface area contributed by atoms with Gasteiger partial charge in [0, 0.05) is 20.1 Å². The highest BCUT2D eigenvalue weighted by molar-refractivity contribution is 5.75. The van der Waals surface area contributed by atoms with Crippen molar-refractivity contribution in [2.45, 2.75) is 32.3 Å². The molecule has 0 fully saturated rings. The van der Waals surface area contributed by atoms with Gasteiger partial charge in [-0.25, -0.2) is 0 Å². The molecular weight excluding hydrogens is 342 g/mol. The first kappa shape index (κ1) is 21.7. The number of amides is 1. The van der Waals surface area contributed by atoms with Crippen molar-refractivity contribution in [2.75, 3.05) is 33.9 Å². The number of nitrogens with zero attached hydrogens (tertiary/aromatic N) is 1. The predicted molar refractivity (Wildman–Crippen MR) is 96.5 cm³/mol. The van der Waals surface area contributed by atoms with E-state index >= 15 is 0 Å². The van der Waals surface area contributed by atoms with Gasteiger partial charge in [0.15, 0.2) is 11.5 Å². The van der Waals surface area contributed by atoms with Crippen molar-refractivity contribution in [1.82, 2.24) is 5.32 Å². The summed E-state index contributed by atoms with van der Waals surface area (Å²) in [4.78, 5) is 22.5. The molecule has 146 valence electrons. The van der Waals surface area contributed by atoms with Crippen LogP contribution in [-0.2, 0) is 9.53 Å². The lowest BCUT2D eigenvalue weighted by molar-refractivity contribution is -0.386. The van der Waals surface area contributed by atoms with E-state index in [4.69, 9.17) is 19.9 Å². The third kappa shape index (κ3) is 6.49. The number of carbonyl (C=O) groups excluding carboxylic acids is 1. The number of ether oxygens (including phenoxy) is 3. The molecule has 0 saturated carbocycles. The monoisotopic (exact) mass is 369 g/mol. The first-order valence-corrected chi connectivity index (χ1v) is 8.43. The Morgan fingerprint density at radius 3 is 2.62 bits per heavy atom. The minimum atomic E-state index is -0.484. The van der Waals surface area contributed by atoms with E-state index in [1.165, 1.54) is 20.3 Å². The van der Waals surface area contributed by atoms with Crippen LogP contribution in [0.15, 0.2) is 12.1 Å². The highest BCUT2D eigenvalue weighted by atomic mass is 16.6. The Kier molecular flexibility index (Phi) is 9.38. The lowest BCUT2D eigenvalue weighted by Gasteiger charge is -2.15. The molecule has 1 aromatic rings. The van der Waals surface area contributed by atoms with E-state index in [2.05, 4.69) is 5.32 Å². The number of nitrogens with two attached hydrogens (primary N) is 1. The summed E-state index contributed by atoms with van der Waals surface area (Å²) in [5.41, 5.74) is 5.66. The summed E-state index contributed by atoms with van der Waals surface area (Å²) in [7, 11) is 2.93. The predicted octanol–water partition coefficient (Wildman–Crippen LogP) is 1.93. The number of rotatable bonds is 12. The van der Waals surface area contributed by atoms with Crippen molar-refractivity contribution < 1.29 is 23.9 Å². The third-order valence-corrected chi connectivity index (χ3v) is 3.81. The maximum Gasteiger partial charge on any atom is 0.279 e. The molecule has 0 heterocycles. The van der Waals surface area contributed by atoms with Crippen molar-refractivity contribution in [1.29, 1.82) is 0 Å². The van der Waals surface area contributed by atoms with Gasteiger partial charge in [0.05, 0.1) is 36.4 Å². The number of hydrogen-bond donors (Lipinski definition) is 2. The molecule has 0 radical (unpaired) electrons. The summed E-state index contributed by atoms with van der Waals surface area (Å²) < 4.78 is 16.0. The zero-order chi connectivity index (χ0) is 19.5. The second-order valence-corrected chi connectivity index (χ2v) is 5.64. The van der Waals surface area contributed by atoms with Crippen molar-refractivity contribution in [3.05, 3.63) is 27.8 Å². The molecule has 0 aromatic heterocycles. The molecule has 3 N–H and O–H groups in total. The molecule has 9 heteroatoms. The van der Waals surface area contributed by atoms with Crippen molar-refractivity contribution >= 4 is 11.6 Å². The van der Waals surface area contributed by atoms with Gasteiger partial charge in [-0.3, -0.25) is 14.9 Å². The van der Waals surface area contributed by atoms with Crippen LogP contribution >= 0.6 is 0 Å². The molecule has 0 bridgehead atoms. The molecule has 1 atom stereocenters. The van der Waals surface area contributed by atoms with Crippen LogP contribution in [0.2, 0.25) is 0 Å². The fourth-order valence-corrected chi connectivity index (χ4v) is 2.28. The summed E-state index contributed by atoms with van der Waals surface area (Å²) in [6.45, 7) is 3.03. The Bertz CT molecular complexity index is 608. The molecule has 0 saturated heterocycles. The van der Waals surface area contributed by atoms with Crippen LogP contribution < -0.4 is 20.5 Å². The van der Waals surface area contributed by atoms with Crippen LogP contribution in [0.25, 0.3) is 0 Å². The third-order valence-electron chi connectivity index (χ3n) is 3.81. The van der Waals surface area contributed by atoms with Crippen molar-refractivity contribution in [3.8, 4) is 11.5 Å². The van der Waals surface area contributed by atoms with Gasteiger partial charge in [-0.2, -0.15) is 0 Å². The minimum absolute atomic E-state index is 0.0794. The van der Waals surface area contributed by atoms with Crippen LogP contribution in [-0.4, -0.2) is 44.7 Å².